The van der Waals surface area contributed by atoms with E-state index in [1.54, 1.807) is 18.0 Å². The fourth-order valence-electron chi connectivity index (χ4n) is 2.39. The van der Waals surface area contributed by atoms with Crippen molar-refractivity contribution in [3.63, 3.8) is 0 Å². The van der Waals surface area contributed by atoms with Crippen molar-refractivity contribution in [3.8, 4) is 0 Å². The molecule has 1 atom stereocenters. The third-order valence-corrected chi connectivity index (χ3v) is 4.57. The SMILES string of the molecule is CC(C)N1CCO[C@@H](CC(=O)NCCSc2ccccn2)C1. The summed E-state index contributed by atoms with van der Waals surface area (Å²) in [5.41, 5.74) is 0. The van der Waals surface area contributed by atoms with Crippen LogP contribution >= 0.6 is 11.8 Å². The first-order chi connectivity index (χ1) is 10.6. The molecule has 0 radical (unpaired) electrons. The molecule has 0 saturated carbocycles. The highest BCUT2D eigenvalue weighted by atomic mass is 32.2. The number of amides is 1. The van der Waals surface area contributed by atoms with Crippen molar-refractivity contribution in [2.75, 3.05) is 32.0 Å². The minimum atomic E-state index is 0.0135. The Morgan fingerprint density at radius 3 is 3.14 bits per heavy atom. The van der Waals surface area contributed by atoms with Gasteiger partial charge in [0.05, 0.1) is 24.2 Å². The third kappa shape index (κ3) is 5.94. The summed E-state index contributed by atoms with van der Waals surface area (Å²) in [6.07, 6.45) is 2.24. The molecule has 0 unspecified atom stereocenters. The Bertz CT molecular complexity index is 456. The predicted molar refractivity (Wildman–Crippen MR) is 89.0 cm³/mol. The van der Waals surface area contributed by atoms with Crippen LogP contribution in [-0.2, 0) is 9.53 Å². The van der Waals surface area contributed by atoms with Crippen LogP contribution in [0.3, 0.4) is 0 Å². The lowest BCUT2D eigenvalue weighted by atomic mass is 10.1. The molecule has 0 spiro atoms. The van der Waals surface area contributed by atoms with Crippen molar-refractivity contribution < 1.29 is 9.53 Å². The Kier molecular flexibility index (Phi) is 7.15. The first-order valence-corrected chi connectivity index (χ1v) is 8.80. The van der Waals surface area contributed by atoms with Crippen molar-refractivity contribution in [1.82, 2.24) is 15.2 Å². The first kappa shape index (κ1) is 17.2. The van der Waals surface area contributed by atoms with Gasteiger partial charge in [0.2, 0.25) is 5.91 Å². The standard InChI is InChI=1S/C16H25N3O2S/c1-13(2)19-8-9-21-14(12-19)11-15(20)17-7-10-22-16-5-3-4-6-18-16/h3-6,13-14H,7-12H2,1-2H3,(H,17,20)/t14-/m0/s1. The monoisotopic (exact) mass is 323 g/mol. The zero-order valence-electron chi connectivity index (χ0n) is 13.3. The smallest absolute Gasteiger partial charge is 0.222 e. The van der Waals surface area contributed by atoms with Gasteiger partial charge in [0, 0.05) is 37.6 Å². The molecular formula is C16H25N3O2S. The van der Waals surface area contributed by atoms with Crippen LogP contribution in [0.5, 0.6) is 0 Å². The maximum absolute atomic E-state index is 12.0. The summed E-state index contributed by atoms with van der Waals surface area (Å²) in [6.45, 7) is 7.52. The van der Waals surface area contributed by atoms with Crippen LogP contribution in [0, 0.1) is 0 Å². The molecule has 2 rings (SSSR count). The minimum Gasteiger partial charge on any atom is -0.375 e. The fourth-order valence-corrected chi connectivity index (χ4v) is 3.12. The summed E-state index contributed by atoms with van der Waals surface area (Å²) in [7, 11) is 0. The average Bonchev–Trinajstić information content (AvgIpc) is 2.53. The van der Waals surface area contributed by atoms with E-state index in [1.807, 2.05) is 18.2 Å². The van der Waals surface area contributed by atoms with E-state index < -0.39 is 0 Å². The van der Waals surface area contributed by atoms with E-state index >= 15 is 0 Å². The highest BCUT2D eigenvalue weighted by Crippen LogP contribution is 2.13. The molecule has 0 aliphatic carbocycles. The number of aromatic nitrogens is 1. The number of nitrogens with zero attached hydrogens (tertiary/aromatic N) is 2. The molecular weight excluding hydrogens is 298 g/mol. The van der Waals surface area contributed by atoms with E-state index in [0.717, 1.165) is 23.9 Å². The van der Waals surface area contributed by atoms with E-state index in [4.69, 9.17) is 4.74 Å². The molecule has 122 valence electrons. The van der Waals surface area contributed by atoms with Crippen LogP contribution in [0.25, 0.3) is 0 Å². The number of hydrogen-bond acceptors (Lipinski definition) is 5. The summed E-state index contributed by atoms with van der Waals surface area (Å²) < 4.78 is 5.69. The highest BCUT2D eigenvalue weighted by Gasteiger charge is 2.24. The van der Waals surface area contributed by atoms with Gasteiger partial charge in [-0.25, -0.2) is 4.98 Å². The van der Waals surface area contributed by atoms with Crippen molar-refractivity contribution in [2.24, 2.45) is 0 Å². The molecule has 1 fully saturated rings. The van der Waals surface area contributed by atoms with Gasteiger partial charge in [0.15, 0.2) is 0 Å². The number of pyridine rings is 1. The van der Waals surface area contributed by atoms with Crippen LogP contribution in [0.15, 0.2) is 29.4 Å². The van der Waals surface area contributed by atoms with Crippen molar-refractivity contribution in [3.05, 3.63) is 24.4 Å². The van der Waals surface area contributed by atoms with Crippen molar-refractivity contribution >= 4 is 17.7 Å². The lowest BCUT2D eigenvalue weighted by molar-refractivity contribution is -0.126. The topological polar surface area (TPSA) is 54.5 Å². The number of carbonyl (C=O) groups excluding carboxylic acids is 1. The molecule has 1 aliphatic rings. The third-order valence-electron chi connectivity index (χ3n) is 3.63. The maximum atomic E-state index is 12.0. The number of thioether (sulfide) groups is 1. The van der Waals surface area contributed by atoms with E-state index in [0.29, 0.717) is 25.6 Å². The van der Waals surface area contributed by atoms with Crippen LogP contribution in [0.2, 0.25) is 0 Å². The van der Waals surface area contributed by atoms with Crippen LogP contribution in [0.1, 0.15) is 20.3 Å². The molecule has 0 aromatic carbocycles. The Morgan fingerprint density at radius 1 is 1.55 bits per heavy atom. The summed E-state index contributed by atoms with van der Waals surface area (Å²) in [5.74, 6) is 0.893. The van der Waals surface area contributed by atoms with Crippen molar-refractivity contribution in [1.29, 1.82) is 0 Å². The first-order valence-electron chi connectivity index (χ1n) is 7.81. The second-order valence-corrected chi connectivity index (χ2v) is 6.77. The van der Waals surface area contributed by atoms with E-state index in [2.05, 4.69) is 29.0 Å². The number of morpholine rings is 1. The van der Waals surface area contributed by atoms with E-state index in [1.165, 1.54) is 0 Å². The largest absolute Gasteiger partial charge is 0.375 e. The zero-order chi connectivity index (χ0) is 15.8. The molecule has 1 aromatic heterocycles. The Balaban J connectivity index is 1.61. The second-order valence-electron chi connectivity index (χ2n) is 5.65. The molecule has 6 heteroatoms. The Labute approximate surface area is 136 Å². The lowest BCUT2D eigenvalue weighted by Gasteiger charge is -2.35. The molecule has 1 N–H and O–H groups in total. The Hall–Kier alpha value is -1.11. The van der Waals surface area contributed by atoms with Crippen molar-refractivity contribution in [2.45, 2.75) is 37.4 Å². The van der Waals surface area contributed by atoms with Crippen LogP contribution in [-0.4, -0.2) is 59.9 Å². The van der Waals surface area contributed by atoms with Gasteiger partial charge in [-0.15, -0.1) is 11.8 Å². The van der Waals surface area contributed by atoms with Crippen LogP contribution in [0.4, 0.5) is 0 Å². The number of carbonyl (C=O) groups is 1. The lowest BCUT2D eigenvalue weighted by Crippen LogP contribution is -2.47. The number of hydrogen-bond donors (Lipinski definition) is 1. The molecule has 0 bridgehead atoms. The Morgan fingerprint density at radius 2 is 2.41 bits per heavy atom. The van der Waals surface area contributed by atoms with Gasteiger partial charge >= 0.3 is 0 Å². The number of rotatable bonds is 7. The van der Waals surface area contributed by atoms with Gasteiger partial charge in [-0.1, -0.05) is 6.07 Å². The molecule has 2 heterocycles. The van der Waals surface area contributed by atoms with Gasteiger partial charge in [0.25, 0.3) is 0 Å². The minimum absolute atomic E-state index is 0.0135. The van der Waals surface area contributed by atoms with Gasteiger partial charge < -0.3 is 10.1 Å². The maximum Gasteiger partial charge on any atom is 0.222 e. The normalized spacial score (nSPS) is 19.3. The summed E-state index contributed by atoms with van der Waals surface area (Å²) in [4.78, 5) is 18.6. The molecule has 22 heavy (non-hydrogen) atoms. The molecule has 5 nitrogen and oxygen atoms in total. The summed E-state index contributed by atoms with van der Waals surface area (Å²) in [6, 6.07) is 6.35. The van der Waals surface area contributed by atoms with Gasteiger partial charge in [0.1, 0.15) is 0 Å². The fraction of sp³-hybridized carbons (Fsp3) is 0.625. The zero-order valence-corrected chi connectivity index (χ0v) is 14.1. The van der Waals surface area contributed by atoms with Gasteiger partial charge in [-0.3, -0.25) is 9.69 Å². The number of nitrogens with one attached hydrogen (secondary N) is 1. The van der Waals surface area contributed by atoms with Gasteiger partial charge in [-0.05, 0) is 26.0 Å². The molecule has 1 saturated heterocycles. The molecule has 1 aromatic rings. The summed E-state index contributed by atoms with van der Waals surface area (Å²) >= 11 is 1.65. The van der Waals surface area contributed by atoms with E-state index in [9.17, 15) is 4.79 Å². The van der Waals surface area contributed by atoms with Crippen LogP contribution < -0.4 is 5.32 Å². The molecule has 1 aliphatic heterocycles. The average molecular weight is 323 g/mol. The highest BCUT2D eigenvalue weighted by molar-refractivity contribution is 7.99. The van der Waals surface area contributed by atoms with Gasteiger partial charge in [-0.2, -0.15) is 0 Å². The predicted octanol–water partition coefficient (Wildman–Crippen LogP) is 1.79. The number of ether oxygens (including phenoxy) is 1. The second kappa shape index (κ2) is 9.12. The molecule has 1 amide bonds. The van der Waals surface area contributed by atoms with E-state index in [-0.39, 0.29) is 12.0 Å². The quantitative estimate of drug-likeness (QED) is 0.612. The summed E-state index contributed by atoms with van der Waals surface area (Å²) in [5, 5.41) is 3.94.